The fourth-order valence-corrected chi connectivity index (χ4v) is 2.12. The van der Waals surface area contributed by atoms with Crippen LogP contribution in [0.3, 0.4) is 0 Å². The Kier molecular flexibility index (Phi) is 2.45. The highest BCUT2D eigenvalue weighted by Crippen LogP contribution is 2.29. The van der Waals surface area contributed by atoms with E-state index in [2.05, 4.69) is 30.3 Å². The molecule has 1 nitrogen and oxygen atoms in total. The van der Waals surface area contributed by atoms with Gasteiger partial charge in [-0.25, -0.2) is 0 Å². The van der Waals surface area contributed by atoms with Crippen LogP contribution in [0.15, 0.2) is 48.5 Å². The minimum atomic E-state index is 0.686. The molecular weight excluding hydrogens is 208 g/mol. The molecule has 0 aliphatic carbocycles. The minimum Gasteiger partial charge on any atom is -0.493 e. The first-order valence-electron chi connectivity index (χ1n) is 5.85. The Balaban J connectivity index is 2.35. The summed E-state index contributed by atoms with van der Waals surface area (Å²) < 4.78 is 5.65. The molecule has 3 aromatic rings. The van der Waals surface area contributed by atoms with Crippen molar-refractivity contribution in [3.8, 4) is 5.75 Å². The molecule has 17 heavy (non-hydrogen) atoms. The van der Waals surface area contributed by atoms with Crippen LogP contribution in [0.1, 0.15) is 6.92 Å². The van der Waals surface area contributed by atoms with Crippen molar-refractivity contribution in [2.24, 2.45) is 0 Å². The summed E-state index contributed by atoms with van der Waals surface area (Å²) in [7, 11) is 0. The third-order valence-corrected chi connectivity index (χ3v) is 2.90. The van der Waals surface area contributed by atoms with E-state index >= 15 is 0 Å². The smallest absolute Gasteiger partial charge is 0.127 e. The lowest BCUT2D eigenvalue weighted by atomic mass is 10.0. The van der Waals surface area contributed by atoms with Crippen LogP contribution in [0.2, 0.25) is 0 Å². The van der Waals surface area contributed by atoms with Crippen molar-refractivity contribution >= 4 is 21.5 Å². The van der Waals surface area contributed by atoms with Gasteiger partial charge in [0.1, 0.15) is 5.75 Å². The van der Waals surface area contributed by atoms with Gasteiger partial charge in [-0.15, -0.1) is 0 Å². The van der Waals surface area contributed by atoms with Crippen LogP contribution in [0, 0.1) is 6.07 Å². The van der Waals surface area contributed by atoms with Gasteiger partial charge in [-0.05, 0) is 41.3 Å². The maximum atomic E-state index is 5.65. The van der Waals surface area contributed by atoms with E-state index in [0.717, 1.165) is 21.9 Å². The average Bonchev–Trinajstić information content (AvgIpc) is 2.37. The van der Waals surface area contributed by atoms with E-state index in [1.54, 1.807) is 0 Å². The molecule has 0 bridgehead atoms. The topological polar surface area (TPSA) is 9.23 Å². The van der Waals surface area contributed by atoms with Gasteiger partial charge < -0.3 is 4.74 Å². The highest BCUT2D eigenvalue weighted by atomic mass is 16.5. The quantitative estimate of drug-likeness (QED) is 0.589. The maximum absolute atomic E-state index is 5.65. The molecule has 0 amide bonds. The predicted octanol–water partition coefficient (Wildman–Crippen LogP) is 4.19. The molecule has 0 aliphatic heterocycles. The second-order valence-electron chi connectivity index (χ2n) is 4.01. The normalized spacial score (nSPS) is 10.9. The minimum absolute atomic E-state index is 0.686. The van der Waals surface area contributed by atoms with E-state index in [1.165, 1.54) is 5.39 Å². The average molecular weight is 221 g/mol. The Morgan fingerprint density at radius 2 is 1.82 bits per heavy atom. The Labute approximate surface area is 101 Å². The number of ether oxygens (including phenoxy) is 1. The summed E-state index contributed by atoms with van der Waals surface area (Å²) in [5, 5.41) is 4.59. The van der Waals surface area contributed by atoms with Crippen LogP contribution >= 0.6 is 0 Å². The lowest BCUT2D eigenvalue weighted by Crippen LogP contribution is -1.92. The number of rotatable bonds is 2. The molecule has 1 radical (unpaired) electrons. The molecule has 0 unspecified atom stereocenters. The van der Waals surface area contributed by atoms with Gasteiger partial charge >= 0.3 is 0 Å². The first-order valence-corrected chi connectivity index (χ1v) is 5.85. The van der Waals surface area contributed by atoms with Gasteiger partial charge in [0.2, 0.25) is 0 Å². The zero-order valence-electron chi connectivity index (χ0n) is 9.73. The maximum Gasteiger partial charge on any atom is 0.127 e. The molecular formula is C16H13O. The standard InChI is InChI=1S/C16H13O/c1-2-17-16-9-5-8-14-10-12-6-3-4-7-13(12)11-15(14)16/h3-9,11H,2H2,1H3. The van der Waals surface area contributed by atoms with Crippen LogP contribution in [-0.4, -0.2) is 6.61 Å². The molecule has 0 atom stereocenters. The Morgan fingerprint density at radius 3 is 2.71 bits per heavy atom. The van der Waals surface area contributed by atoms with Gasteiger partial charge in [0.15, 0.2) is 0 Å². The molecule has 0 aliphatic rings. The summed E-state index contributed by atoms with van der Waals surface area (Å²) in [4.78, 5) is 0. The van der Waals surface area contributed by atoms with E-state index in [0.29, 0.717) is 6.61 Å². The third kappa shape index (κ3) is 1.74. The SMILES string of the molecule is CCOc1cccc2[c]c3ccccc3cc12. The monoisotopic (exact) mass is 221 g/mol. The number of benzene rings is 3. The van der Waals surface area contributed by atoms with E-state index in [1.807, 2.05) is 31.2 Å². The molecule has 0 aromatic heterocycles. The summed E-state index contributed by atoms with van der Waals surface area (Å²) in [6.45, 7) is 2.69. The molecule has 0 saturated heterocycles. The fourth-order valence-electron chi connectivity index (χ4n) is 2.12. The summed E-state index contributed by atoms with van der Waals surface area (Å²) in [5.41, 5.74) is 0. The van der Waals surface area contributed by atoms with Gasteiger partial charge in [-0.1, -0.05) is 36.4 Å². The van der Waals surface area contributed by atoms with E-state index in [-0.39, 0.29) is 0 Å². The van der Waals surface area contributed by atoms with Gasteiger partial charge in [0.05, 0.1) is 6.61 Å². The van der Waals surface area contributed by atoms with E-state index in [4.69, 9.17) is 4.74 Å². The van der Waals surface area contributed by atoms with Crippen LogP contribution in [-0.2, 0) is 0 Å². The third-order valence-electron chi connectivity index (χ3n) is 2.90. The van der Waals surface area contributed by atoms with Crippen molar-refractivity contribution in [2.45, 2.75) is 6.92 Å². The number of fused-ring (bicyclic) bond motifs is 2. The zero-order chi connectivity index (χ0) is 11.7. The molecule has 0 saturated carbocycles. The highest BCUT2D eigenvalue weighted by Gasteiger charge is 2.03. The highest BCUT2D eigenvalue weighted by molar-refractivity contribution is 6.00. The molecule has 83 valence electrons. The van der Waals surface area contributed by atoms with E-state index < -0.39 is 0 Å². The molecule has 0 heterocycles. The van der Waals surface area contributed by atoms with Crippen molar-refractivity contribution in [3.63, 3.8) is 0 Å². The largest absolute Gasteiger partial charge is 0.493 e. The lowest BCUT2D eigenvalue weighted by molar-refractivity contribution is 0.344. The van der Waals surface area contributed by atoms with Crippen molar-refractivity contribution < 1.29 is 4.74 Å². The lowest BCUT2D eigenvalue weighted by Gasteiger charge is -2.08. The van der Waals surface area contributed by atoms with Crippen molar-refractivity contribution in [1.82, 2.24) is 0 Å². The summed E-state index contributed by atoms with van der Waals surface area (Å²) >= 11 is 0. The Morgan fingerprint density at radius 1 is 1.00 bits per heavy atom. The Hall–Kier alpha value is -2.02. The summed E-state index contributed by atoms with van der Waals surface area (Å²) in [5.74, 6) is 0.937. The Bertz CT molecular complexity index is 670. The number of hydrogen-bond acceptors (Lipinski definition) is 1. The number of hydrogen-bond donors (Lipinski definition) is 0. The van der Waals surface area contributed by atoms with Crippen LogP contribution in [0.4, 0.5) is 0 Å². The van der Waals surface area contributed by atoms with Crippen molar-refractivity contribution in [3.05, 3.63) is 54.6 Å². The first-order chi connectivity index (χ1) is 8.38. The van der Waals surface area contributed by atoms with Gasteiger partial charge in [-0.2, -0.15) is 0 Å². The van der Waals surface area contributed by atoms with Crippen LogP contribution in [0.25, 0.3) is 21.5 Å². The second kappa shape index (κ2) is 4.10. The fraction of sp³-hybridized carbons (Fsp3) is 0.125. The molecule has 0 N–H and O–H groups in total. The molecule has 0 spiro atoms. The van der Waals surface area contributed by atoms with Crippen molar-refractivity contribution in [2.75, 3.05) is 6.61 Å². The first kappa shape index (κ1) is 10.2. The molecule has 3 aromatic carbocycles. The zero-order valence-corrected chi connectivity index (χ0v) is 9.73. The van der Waals surface area contributed by atoms with Crippen LogP contribution < -0.4 is 4.74 Å². The molecule has 0 fully saturated rings. The molecule has 3 rings (SSSR count). The van der Waals surface area contributed by atoms with Gasteiger partial charge in [0, 0.05) is 5.39 Å². The van der Waals surface area contributed by atoms with E-state index in [9.17, 15) is 0 Å². The summed E-state index contributed by atoms with van der Waals surface area (Å²) in [6.07, 6.45) is 0. The second-order valence-corrected chi connectivity index (χ2v) is 4.01. The summed E-state index contributed by atoms with van der Waals surface area (Å²) in [6, 6.07) is 20.0. The van der Waals surface area contributed by atoms with Gasteiger partial charge in [0.25, 0.3) is 0 Å². The van der Waals surface area contributed by atoms with Crippen molar-refractivity contribution in [1.29, 1.82) is 0 Å². The van der Waals surface area contributed by atoms with Gasteiger partial charge in [-0.3, -0.25) is 0 Å². The van der Waals surface area contributed by atoms with Crippen LogP contribution in [0.5, 0.6) is 5.75 Å². The molecule has 1 heteroatoms. The predicted molar refractivity (Wildman–Crippen MR) is 71.5 cm³/mol.